The minimum absolute atomic E-state index is 0.0866. The molecule has 0 saturated heterocycles. The number of nitrogens with one attached hydrogen (secondary N) is 1. The Morgan fingerprint density at radius 1 is 0.889 bits per heavy atom. The molecule has 0 saturated carbocycles. The molecule has 0 atom stereocenters. The van der Waals surface area contributed by atoms with E-state index < -0.39 is 0 Å². The van der Waals surface area contributed by atoms with Crippen molar-refractivity contribution < 1.29 is 9.21 Å². The van der Waals surface area contributed by atoms with E-state index in [1.807, 2.05) is 85.5 Å². The molecule has 1 aromatic heterocycles. The molecule has 0 radical (unpaired) electrons. The van der Waals surface area contributed by atoms with E-state index in [4.69, 9.17) is 4.42 Å². The fourth-order valence-electron chi connectivity index (χ4n) is 3.02. The molecule has 27 heavy (non-hydrogen) atoms. The third-order valence-corrected chi connectivity index (χ3v) is 4.60. The molecule has 4 heteroatoms. The maximum absolute atomic E-state index is 12.3. The van der Waals surface area contributed by atoms with Gasteiger partial charge in [-0.1, -0.05) is 42.5 Å². The van der Waals surface area contributed by atoms with Crippen LogP contribution in [-0.4, -0.2) is 23.9 Å². The summed E-state index contributed by atoms with van der Waals surface area (Å²) in [5.74, 6) is 1.87. The van der Waals surface area contributed by atoms with Crippen LogP contribution in [0.4, 0.5) is 0 Å². The number of nitrogens with zero attached hydrogens (tertiary/aromatic N) is 1. The molecule has 0 fully saturated rings. The molecule has 1 N–H and O–H groups in total. The van der Waals surface area contributed by atoms with E-state index in [0.717, 1.165) is 47.8 Å². The molecule has 3 rings (SSSR count). The highest BCUT2D eigenvalue weighted by molar-refractivity contribution is 5.94. The highest BCUT2D eigenvalue weighted by Crippen LogP contribution is 2.21. The quantitative estimate of drug-likeness (QED) is 0.631. The van der Waals surface area contributed by atoms with E-state index in [-0.39, 0.29) is 5.91 Å². The largest absolute Gasteiger partial charge is 0.460 e. The zero-order chi connectivity index (χ0) is 19.1. The molecule has 0 aliphatic rings. The second-order valence-electron chi connectivity index (χ2n) is 6.41. The summed E-state index contributed by atoms with van der Waals surface area (Å²) in [5, 5.41) is 3.39. The van der Waals surface area contributed by atoms with Crippen molar-refractivity contribution in [3.63, 3.8) is 0 Å². The van der Waals surface area contributed by atoms with Gasteiger partial charge < -0.3 is 14.6 Å². The molecular formula is C23H26N2O2. The Kier molecular flexibility index (Phi) is 6.44. The molecule has 0 spiro atoms. The first kappa shape index (κ1) is 18.9. The first-order valence-electron chi connectivity index (χ1n) is 9.44. The van der Waals surface area contributed by atoms with Crippen LogP contribution in [0.2, 0.25) is 0 Å². The lowest BCUT2D eigenvalue weighted by Crippen LogP contribution is -2.30. The van der Waals surface area contributed by atoms with Gasteiger partial charge in [-0.2, -0.15) is 0 Å². The molecule has 2 aromatic carbocycles. The second kappa shape index (κ2) is 9.19. The van der Waals surface area contributed by atoms with Crippen LogP contribution in [0.15, 0.2) is 71.1 Å². The monoisotopic (exact) mass is 362 g/mol. The van der Waals surface area contributed by atoms with E-state index in [1.54, 1.807) is 0 Å². The fourth-order valence-corrected chi connectivity index (χ4v) is 3.02. The fraction of sp³-hybridized carbons (Fsp3) is 0.261. The number of amides is 1. The van der Waals surface area contributed by atoms with Crippen LogP contribution in [-0.2, 0) is 13.1 Å². The van der Waals surface area contributed by atoms with Crippen LogP contribution in [0.5, 0.6) is 0 Å². The van der Waals surface area contributed by atoms with Crippen molar-refractivity contribution in [1.29, 1.82) is 0 Å². The molecule has 0 aliphatic carbocycles. The number of carbonyl (C=O) groups excluding carboxylic acids is 1. The van der Waals surface area contributed by atoms with E-state index in [1.165, 1.54) is 0 Å². The van der Waals surface area contributed by atoms with E-state index in [2.05, 4.69) is 5.32 Å². The number of benzene rings is 2. The van der Waals surface area contributed by atoms with Crippen molar-refractivity contribution >= 4 is 5.91 Å². The molecule has 3 aromatic rings. The predicted octanol–water partition coefficient (Wildman–Crippen LogP) is 4.72. The Labute approximate surface area is 160 Å². The SMILES string of the molecule is CCN(CC)C(=O)c1ccc(CNCc2ccc(-c3ccccc3)o2)cc1. The topological polar surface area (TPSA) is 45.5 Å². The average molecular weight is 362 g/mol. The van der Waals surface area contributed by atoms with Gasteiger partial charge in [0.1, 0.15) is 11.5 Å². The van der Waals surface area contributed by atoms with Gasteiger partial charge in [0.2, 0.25) is 0 Å². The highest BCUT2D eigenvalue weighted by Gasteiger charge is 2.11. The average Bonchev–Trinajstić information content (AvgIpc) is 3.19. The molecule has 1 heterocycles. The maximum Gasteiger partial charge on any atom is 0.253 e. The lowest BCUT2D eigenvalue weighted by molar-refractivity contribution is 0.0773. The van der Waals surface area contributed by atoms with Crippen molar-refractivity contribution in [2.45, 2.75) is 26.9 Å². The Morgan fingerprint density at radius 2 is 1.59 bits per heavy atom. The van der Waals surface area contributed by atoms with Gasteiger partial charge in [-0.25, -0.2) is 0 Å². The van der Waals surface area contributed by atoms with Gasteiger partial charge in [0, 0.05) is 30.8 Å². The Hall–Kier alpha value is -2.85. The van der Waals surface area contributed by atoms with E-state index in [9.17, 15) is 4.79 Å². The number of carbonyl (C=O) groups is 1. The molecule has 140 valence electrons. The number of rotatable bonds is 8. The molecule has 0 bridgehead atoms. The third kappa shape index (κ3) is 4.86. The van der Waals surface area contributed by atoms with Crippen molar-refractivity contribution in [1.82, 2.24) is 10.2 Å². The van der Waals surface area contributed by atoms with Gasteiger partial charge in [0.15, 0.2) is 0 Å². The summed E-state index contributed by atoms with van der Waals surface area (Å²) in [6.45, 7) is 6.84. The van der Waals surface area contributed by atoms with Crippen LogP contribution in [0.1, 0.15) is 35.5 Å². The van der Waals surface area contributed by atoms with Crippen molar-refractivity contribution in [2.75, 3.05) is 13.1 Å². The lowest BCUT2D eigenvalue weighted by Gasteiger charge is -2.18. The third-order valence-electron chi connectivity index (χ3n) is 4.60. The van der Waals surface area contributed by atoms with Gasteiger partial charge >= 0.3 is 0 Å². The summed E-state index contributed by atoms with van der Waals surface area (Å²) >= 11 is 0. The Morgan fingerprint density at radius 3 is 2.26 bits per heavy atom. The van der Waals surface area contributed by atoms with Gasteiger partial charge in [0.25, 0.3) is 5.91 Å². The minimum Gasteiger partial charge on any atom is -0.460 e. The van der Waals surface area contributed by atoms with Crippen LogP contribution in [0.25, 0.3) is 11.3 Å². The summed E-state index contributed by atoms with van der Waals surface area (Å²) in [4.78, 5) is 14.2. The van der Waals surface area contributed by atoms with Gasteiger partial charge in [0.05, 0.1) is 6.54 Å². The second-order valence-corrected chi connectivity index (χ2v) is 6.41. The predicted molar refractivity (Wildman–Crippen MR) is 108 cm³/mol. The van der Waals surface area contributed by atoms with Crippen LogP contribution in [0, 0.1) is 0 Å². The van der Waals surface area contributed by atoms with Gasteiger partial charge in [-0.15, -0.1) is 0 Å². The van der Waals surface area contributed by atoms with Crippen LogP contribution in [0.3, 0.4) is 0 Å². The van der Waals surface area contributed by atoms with Gasteiger partial charge in [-0.3, -0.25) is 4.79 Å². The summed E-state index contributed by atoms with van der Waals surface area (Å²) in [5.41, 5.74) is 2.96. The summed E-state index contributed by atoms with van der Waals surface area (Å²) in [7, 11) is 0. The minimum atomic E-state index is 0.0866. The summed E-state index contributed by atoms with van der Waals surface area (Å²) in [6, 6.07) is 21.9. The number of hydrogen-bond donors (Lipinski definition) is 1. The summed E-state index contributed by atoms with van der Waals surface area (Å²) < 4.78 is 5.90. The smallest absolute Gasteiger partial charge is 0.253 e. The number of hydrogen-bond acceptors (Lipinski definition) is 3. The van der Waals surface area contributed by atoms with Crippen molar-refractivity contribution in [3.8, 4) is 11.3 Å². The van der Waals surface area contributed by atoms with Crippen molar-refractivity contribution in [3.05, 3.63) is 83.6 Å². The van der Waals surface area contributed by atoms with Crippen molar-refractivity contribution in [2.24, 2.45) is 0 Å². The molecule has 0 aliphatic heterocycles. The molecule has 4 nitrogen and oxygen atoms in total. The maximum atomic E-state index is 12.3. The lowest BCUT2D eigenvalue weighted by atomic mass is 10.1. The van der Waals surface area contributed by atoms with Crippen LogP contribution < -0.4 is 5.32 Å². The standard InChI is InChI=1S/C23H26N2O2/c1-3-25(4-2)23(26)20-12-10-18(11-13-20)16-24-17-21-14-15-22(27-21)19-8-6-5-7-9-19/h5-15,24H,3-4,16-17H2,1-2H3. The first-order valence-corrected chi connectivity index (χ1v) is 9.44. The molecular weight excluding hydrogens is 336 g/mol. The number of furan rings is 1. The zero-order valence-electron chi connectivity index (χ0n) is 15.9. The highest BCUT2D eigenvalue weighted by atomic mass is 16.3. The Bertz CT molecular complexity index is 850. The van der Waals surface area contributed by atoms with Gasteiger partial charge in [-0.05, 0) is 43.7 Å². The van der Waals surface area contributed by atoms with E-state index in [0.29, 0.717) is 6.54 Å². The van der Waals surface area contributed by atoms with E-state index >= 15 is 0 Å². The molecule has 0 unspecified atom stereocenters. The summed E-state index contributed by atoms with van der Waals surface area (Å²) in [6.07, 6.45) is 0. The molecule has 1 amide bonds. The zero-order valence-corrected chi connectivity index (χ0v) is 15.9. The van der Waals surface area contributed by atoms with Crippen LogP contribution >= 0.6 is 0 Å². The Balaban J connectivity index is 1.52. The first-order chi connectivity index (χ1) is 13.2. The normalized spacial score (nSPS) is 10.7.